The summed E-state index contributed by atoms with van der Waals surface area (Å²) < 4.78 is 0. The van der Waals surface area contributed by atoms with E-state index in [1.165, 1.54) is 5.56 Å². The summed E-state index contributed by atoms with van der Waals surface area (Å²) in [4.78, 5) is 14.4. The minimum absolute atomic E-state index is 0.0249. The summed E-state index contributed by atoms with van der Waals surface area (Å²) in [6.45, 7) is 5.15. The smallest absolute Gasteiger partial charge is 0.182 e. The van der Waals surface area contributed by atoms with Crippen LogP contribution in [-0.2, 0) is 0 Å². The average Bonchev–Trinajstić information content (AvgIpc) is 2.47. The maximum absolute atomic E-state index is 12.4. The molecular formula is C17H17Cl2NO. The molecule has 0 aromatic heterocycles. The van der Waals surface area contributed by atoms with Crippen LogP contribution in [0.3, 0.4) is 0 Å². The van der Waals surface area contributed by atoms with E-state index in [1.807, 2.05) is 36.9 Å². The molecule has 0 aliphatic rings. The van der Waals surface area contributed by atoms with Crippen LogP contribution in [0.4, 0.5) is 5.69 Å². The Morgan fingerprint density at radius 3 is 2.48 bits per heavy atom. The van der Waals surface area contributed by atoms with Crippen LogP contribution in [0.25, 0.3) is 0 Å². The van der Waals surface area contributed by atoms with Crippen LogP contribution in [0.15, 0.2) is 42.5 Å². The quantitative estimate of drug-likeness (QED) is 0.721. The van der Waals surface area contributed by atoms with Crippen LogP contribution in [0.5, 0.6) is 0 Å². The number of halogens is 2. The van der Waals surface area contributed by atoms with Gasteiger partial charge in [-0.25, -0.2) is 0 Å². The molecule has 2 aromatic rings. The third kappa shape index (κ3) is 3.99. The summed E-state index contributed by atoms with van der Waals surface area (Å²) in [5.74, 6) is 0.0249. The Hall–Kier alpha value is -1.51. The molecule has 0 aliphatic carbocycles. The molecule has 0 saturated heterocycles. The lowest BCUT2D eigenvalue weighted by Gasteiger charge is -2.22. The van der Waals surface area contributed by atoms with Gasteiger partial charge in [-0.1, -0.05) is 35.3 Å². The first-order valence-electron chi connectivity index (χ1n) is 6.81. The Morgan fingerprint density at radius 2 is 1.86 bits per heavy atom. The second kappa shape index (κ2) is 6.97. The van der Waals surface area contributed by atoms with Gasteiger partial charge in [0.2, 0.25) is 0 Å². The van der Waals surface area contributed by atoms with E-state index in [9.17, 15) is 4.79 Å². The second-order valence-electron chi connectivity index (χ2n) is 4.91. The fourth-order valence-electron chi connectivity index (χ4n) is 2.14. The molecule has 0 fully saturated rings. The molecule has 0 unspecified atom stereocenters. The van der Waals surface area contributed by atoms with Crippen molar-refractivity contribution in [1.82, 2.24) is 0 Å². The SMILES string of the molecule is CCN(CC(=O)c1ccc(Cl)c(Cl)c1)c1cccc(C)c1. The van der Waals surface area contributed by atoms with Gasteiger partial charge in [0, 0.05) is 17.8 Å². The van der Waals surface area contributed by atoms with Gasteiger partial charge >= 0.3 is 0 Å². The van der Waals surface area contributed by atoms with E-state index in [0.29, 0.717) is 22.2 Å². The summed E-state index contributed by atoms with van der Waals surface area (Å²) in [5, 5.41) is 0.861. The predicted octanol–water partition coefficient (Wildman–Crippen LogP) is 5.01. The first-order valence-corrected chi connectivity index (χ1v) is 7.56. The van der Waals surface area contributed by atoms with Crippen LogP contribution in [-0.4, -0.2) is 18.9 Å². The van der Waals surface area contributed by atoms with Crippen LogP contribution >= 0.6 is 23.2 Å². The number of carbonyl (C=O) groups excluding carboxylic acids is 1. The molecule has 0 radical (unpaired) electrons. The van der Waals surface area contributed by atoms with Crippen molar-refractivity contribution in [3.05, 3.63) is 63.6 Å². The fourth-order valence-corrected chi connectivity index (χ4v) is 2.44. The zero-order valence-electron chi connectivity index (χ0n) is 12.1. The number of anilines is 1. The number of rotatable bonds is 5. The third-order valence-electron chi connectivity index (χ3n) is 3.32. The molecule has 0 amide bonds. The highest BCUT2D eigenvalue weighted by Crippen LogP contribution is 2.23. The summed E-state index contributed by atoms with van der Waals surface area (Å²) in [6.07, 6.45) is 0. The Labute approximate surface area is 135 Å². The normalized spacial score (nSPS) is 10.5. The standard InChI is InChI=1S/C17H17Cl2NO/c1-3-20(14-6-4-5-12(2)9-14)11-17(21)13-7-8-15(18)16(19)10-13/h4-10H,3,11H2,1-2H3. The van der Waals surface area contributed by atoms with E-state index in [2.05, 4.69) is 6.07 Å². The van der Waals surface area contributed by atoms with Gasteiger partial charge in [0.25, 0.3) is 0 Å². The zero-order valence-corrected chi connectivity index (χ0v) is 13.6. The molecule has 0 saturated carbocycles. The number of hydrogen-bond acceptors (Lipinski definition) is 2. The lowest BCUT2D eigenvalue weighted by molar-refractivity contribution is 0.0999. The lowest BCUT2D eigenvalue weighted by Crippen LogP contribution is -2.29. The molecule has 2 nitrogen and oxygen atoms in total. The van der Waals surface area contributed by atoms with Crippen molar-refractivity contribution in [3.63, 3.8) is 0 Å². The molecule has 110 valence electrons. The summed E-state index contributed by atoms with van der Waals surface area (Å²) in [7, 11) is 0. The first kappa shape index (κ1) is 15.9. The van der Waals surface area contributed by atoms with Crippen molar-refractivity contribution in [2.45, 2.75) is 13.8 Å². The van der Waals surface area contributed by atoms with Crippen LogP contribution in [0, 0.1) is 6.92 Å². The van der Waals surface area contributed by atoms with Crippen molar-refractivity contribution in [3.8, 4) is 0 Å². The Bertz CT molecular complexity index is 655. The molecular weight excluding hydrogens is 305 g/mol. The van der Waals surface area contributed by atoms with E-state index >= 15 is 0 Å². The molecule has 21 heavy (non-hydrogen) atoms. The Balaban J connectivity index is 2.18. The maximum Gasteiger partial charge on any atom is 0.182 e. The highest BCUT2D eigenvalue weighted by atomic mass is 35.5. The van der Waals surface area contributed by atoms with Gasteiger partial charge in [-0.2, -0.15) is 0 Å². The molecule has 2 rings (SSSR count). The van der Waals surface area contributed by atoms with Crippen molar-refractivity contribution in [2.24, 2.45) is 0 Å². The molecule has 4 heteroatoms. The maximum atomic E-state index is 12.4. The average molecular weight is 322 g/mol. The van der Waals surface area contributed by atoms with E-state index in [-0.39, 0.29) is 5.78 Å². The van der Waals surface area contributed by atoms with Crippen molar-refractivity contribution < 1.29 is 4.79 Å². The molecule has 0 spiro atoms. The van der Waals surface area contributed by atoms with Crippen molar-refractivity contribution in [2.75, 3.05) is 18.0 Å². The third-order valence-corrected chi connectivity index (χ3v) is 4.06. The fraction of sp³-hybridized carbons (Fsp3) is 0.235. The van der Waals surface area contributed by atoms with Gasteiger partial charge in [0.1, 0.15) is 0 Å². The van der Waals surface area contributed by atoms with E-state index < -0.39 is 0 Å². The van der Waals surface area contributed by atoms with E-state index in [0.717, 1.165) is 12.2 Å². The number of likely N-dealkylation sites (N-methyl/N-ethyl adjacent to an activating group) is 1. The number of Topliss-reactive ketones (excluding diaryl/α,β-unsaturated/α-hetero) is 1. The van der Waals surface area contributed by atoms with E-state index in [4.69, 9.17) is 23.2 Å². The Morgan fingerprint density at radius 1 is 1.10 bits per heavy atom. The number of ketones is 1. The van der Waals surface area contributed by atoms with Gasteiger partial charge in [-0.3, -0.25) is 4.79 Å². The molecule has 0 aliphatic heterocycles. The van der Waals surface area contributed by atoms with Crippen molar-refractivity contribution in [1.29, 1.82) is 0 Å². The number of carbonyl (C=O) groups is 1. The molecule has 0 N–H and O–H groups in total. The first-order chi connectivity index (χ1) is 10.0. The Kier molecular flexibility index (Phi) is 5.27. The zero-order chi connectivity index (χ0) is 15.4. The lowest BCUT2D eigenvalue weighted by atomic mass is 10.1. The van der Waals surface area contributed by atoms with Gasteiger partial charge in [0.15, 0.2) is 5.78 Å². The summed E-state index contributed by atoms with van der Waals surface area (Å²) >= 11 is 11.8. The second-order valence-corrected chi connectivity index (χ2v) is 5.72. The molecule has 0 heterocycles. The van der Waals surface area contributed by atoms with Crippen LogP contribution in [0.1, 0.15) is 22.8 Å². The van der Waals surface area contributed by atoms with Gasteiger partial charge < -0.3 is 4.90 Å². The van der Waals surface area contributed by atoms with Gasteiger partial charge in [-0.15, -0.1) is 0 Å². The number of hydrogen-bond donors (Lipinski definition) is 0. The largest absolute Gasteiger partial charge is 0.364 e. The van der Waals surface area contributed by atoms with Gasteiger partial charge in [0.05, 0.1) is 16.6 Å². The topological polar surface area (TPSA) is 20.3 Å². The molecule has 0 bridgehead atoms. The van der Waals surface area contributed by atoms with Crippen LogP contribution < -0.4 is 4.90 Å². The highest BCUT2D eigenvalue weighted by Gasteiger charge is 2.13. The summed E-state index contributed by atoms with van der Waals surface area (Å²) in [5.41, 5.74) is 2.80. The monoisotopic (exact) mass is 321 g/mol. The highest BCUT2D eigenvalue weighted by molar-refractivity contribution is 6.42. The number of aryl methyl sites for hydroxylation is 1. The number of benzene rings is 2. The molecule has 2 aromatic carbocycles. The van der Waals surface area contributed by atoms with Crippen molar-refractivity contribution >= 4 is 34.7 Å². The number of nitrogens with zero attached hydrogens (tertiary/aromatic N) is 1. The van der Waals surface area contributed by atoms with Crippen LogP contribution in [0.2, 0.25) is 10.0 Å². The summed E-state index contributed by atoms with van der Waals surface area (Å²) in [6, 6.07) is 13.1. The molecule has 0 atom stereocenters. The van der Waals surface area contributed by atoms with Gasteiger partial charge in [-0.05, 0) is 49.7 Å². The predicted molar refractivity (Wildman–Crippen MR) is 89.9 cm³/mol. The minimum Gasteiger partial charge on any atom is -0.364 e. The minimum atomic E-state index is 0.0249. The van der Waals surface area contributed by atoms with E-state index in [1.54, 1.807) is 18.2 Å².